The van der Waals surface area contributed by atoms with Gasteiger partial charge in [0, 0.05) is 36.8 Å². The minimum absolute atomic E-state index is 0.0171. The van der Waals surface area contributed by atoms with E-state index < -0.39 is 5.82 Å². The van der Waals surface area contributed by atoms with E-state index in [2.05, 4.69) is 10.6 Å². The molecular formula is C20H28FN3O3. The van der Waals surface area contributed by atoms with Gasteiger partial charge in [-0.15, -0.1) is 0 Å². The number of piperidine rings is 1. The molecule has 0 bridgehead atoms. The van der Waals surface area contributed by atoms with Crippen molar-refractivity contribution in [2.24, 2.45) is 5.92 Å². The monoisotopic (exact) mass is 377 g/mol. The number of benzene rings is 1. The van der Waals surface area contributed by atoms with Gasteiger partial charge in [0.1, 0.15) is 0 Å². The maximum atomic E-state index is 13.7. The lowest BCUT2D eigenvalue weighted by atomic mass is 9.87. The Bertz CT molecular complexity index is 668. The number of rotatable bonds is 4. The summed E-state index contributed by atoms with van der Waals surface area (Å²) in [5.74, 6) is 0.0867. The molecular weight excluding hydrogens is 349 g/mol. The molecule has 7 heteroatoms. The summed E-state index contributed by atoms with van der Waals surface area (Å²) in [6, 6.07) is 3.94. The van der Waals surface area contributed by atoms with E-state index in [1.165, 1.54) is 25.7 Å². The first-order valence-corrected chi connectivity index (χ1v) is 9.76. The lowest BCUT2D eigenvalue weighted by Gasteiger charge is -2.35. The number of amides is 3. The number of anilines is 1. The van der Waals surface area contributed by atoms with E-state index in [-0.39, 0.29) is 29.6 Å². The van der Waals surface area contributed by atoms with E-state index in [9.17, 15) is 14.0 Å². The average Bonchev–Trinajstić information content (AvgIpc) is 2.69. The number of urea groups is 1. The molecule has 1 aliphatic carbocycles. The first kappa shape index (κ1) is 19.5. The molecule has 3 rings (SSSR count). The topological polar surface area (TPSA) is 70.7 Å². The van der Waals surface area contributed by atoms with E-state index in [0.29, 0.717) is 18.8 Å². The number of methoxy groups -OCH3 is 1. The first-order chi connectivity index (χ1) is 13.1. The van der Waals surface area contributed by atoms with Gasteiger partial charge in [-0.05, 0) is 37.8 Å². The molecule has 0 unspecified atom stereocenters. The molecule has 1 aromatic carbocycles. The molecule has 0 radical (unpaired) electrons. The van der Waals surface area contributed by atoms with E-state index in [1.54, 1.807) is 6.07 Å². The van der Waals surface area contributed by atoms with Gasteiger partial charge >= 0.3 is 6.03 Å². The summed E-state index contributed by atoms with van der Waals surface area (Å²) in [4.78, 5) is 26.7. The summed E-state index contributed by atoms with van der Waals surface area (Å²) in [6.07, 6.45) is 7.05. The molecule has 1 heterocycles. The van der Waals surface area contributed by atoms with Gasteiger partial charge in [0.2, 0.25) is 5.91 Å². The predicted octanol–water partition coefficient (Wildman–Crippen LogP) is 3.53. The van der Waals surface area contributed by atoms with Crippen LogP contribution in [0.3, 0.4) is 0 Å². The normalized spacial score (nSPS) is 18.8. The number of ether oxygens (including phenoxy) is 1. The second-order valence-corrected chi connectivity index (χ2v) is 7.38. The van der Waals surface area contributed by atoms with Crippen LogP contribution in [0.15, 0.2) is 18.2 Å². The Balaban J connectivity index is 1.44. The van der Waals surface area contributed by atoms with E-state index >= 15 is 0 Å². The molecule has 2 fully saturated rings. The van der Waals surface area contributed by atoms with E-state index in [4.69, 9.17) is 4.74 Å². The number of carbonyl (C=O) groups is 2. The third kappa shape index (κ3) is 5.11. The SMILES string of the molecule is COc1ccc(NC(=O)NC2CCN(C(=O)C3CCCCC3)CC2)cc1F. The molecule has 6 nitrogen and oxygen atoms in total. The molecule has 1 saturated heterocycles. The molecule has 1 saturated carbocycles. The van der Waals surface area contributed by atoms with Crippen LogP contribution in [0.1, 0.15) is 44.9 Å². The fourth-order valence-electron chi connectivity index (χ4n) is 3.95. The van der Waals surface area contributed by atoms with Crippen molar-refractivity contribution < 1.29 is 18.7 Å². The third-order valence-corrected chi connectivity index (χ3v) is 5.51. The van der Waals surface area contributed by atoms with Gasteiger partial charge in [0.05, 0.1) is 7.11 Å². The maximum absolute atomic E-state index is 13.7. The van der Waals surface area contributed by atoms with Crippen LogP contribution in [-0.4, -0.2) is 43.1 Å². The Morgan fingerprint density at radius 3 is 2.44 bits per heavy atom. The van der Waals surface area contributed by atoms with Gasteiger partial charge in [-0.25, -0.2) is 9.18 Å². The summed E-state index contributed by atoms with van der Waals surface area (Å²) in [7, 11) is 1.39. The zero-order chi connectivity index (χ0) is 19.2. The number of hydrogen-bond acceptors (Lipinski definition) is 3. The van der Waals surface area contributed by atoms with E-state index in [0.717, 1.165) is 38.5 Å². The van der Waals surface area contributed by atoms with Crippen molar-refractivity contribution in [3.63, 3.8) is 0 Å². The molecule has 1 aliphatic heterocycles. The number of carbonyl (C=O) groups excluding carboxylic acids is 2. The van der Waals surface area contributed by atoms with Crippen molar-refractivity contribution in [2.45, 2.75) is 51.0 Å². The molecule has 3 amide bonds. The Morgan fingerprint density at radius 2 is 1.81 bits per heavy atom. The Morgan fingerprint density at radius 1 is 1.11 bits per heavy atom. The van der Waals surface area contributed by atoms with Crippen molar-refractivity contribution in [2.75, 3.05) is 25.5 Å². The van der Waals surface area contributed by atoms with Gasteiger partial charge < -0.3 is 20.3 Å². The van der Waals surface area contributed by atoms with Crippen LogP contribution >= 0.6 is 0 Å². The second kappa shape index (κ2) is 9.06. The van der Waals surface area contributed by atoms with Crippen LogP contribution in [-0.2, 0) is 4.79 Å². The zero-order valence-corrected chi connectivity index (χ0v) is 15.8. The number of halogens is 1. The number of hydrogen-bond donors (Lipinski definition) is 2. The molecule has 2 aliphatic rings. The predicted molar refractivity (Wildman–Crippen MR) is 101 cm³/mol. The van der Waals surface area contributed by atoms with Crippen molar-refractivity contribution in [1.29, 1.82) is 0 Å². The summed E-state index contributed by atoms with van der Waals surface area (Å²) < 4.78 is 18.6. The Labute approximate surface area is 159 Å². The minimum Gasteiger partial charge on any atom is -0.494 e. The fourth-order valence-corrected chi connectivity index (χ4v) is 3.95. The van der Waals surface area contributed by atoms with Gasteiger partial charge in [-0.1, -0.05) is 19.3 Å². The Hall–Kier alpha value is -2.31. The summed E-state index contributed by atoms with van der Waals surface area (Å²) in [5.41, 5.74) is 0.371. The van der Waals surface area contributed by atoms with Crippen LogP contribution in [0.4, 0.5) is 14.9 Å². The molecule has 0 aromatic heterocycles. The van der Waals surface area contributed by atoms with Gasteiger partial charge in [-0.3, -0.25) is 4.79 Å². The highest BCUT2D eigenvalue weighted by molar-refractivity contribution is 5.89. The highest BCUT2D eigenvalue weighted by Crippen LogP contribution is 2.26. The highest BCUT2D eigenvalue weighted by Gasteiger charge is 2.29. The van der Waals surface area contributed by atoms with Crippen LogP contribution in [0, 0.1) is 11.7 Å². The Kier molecular flexibility index (Phi) is 6.53. The van der Waals surface area contributed by atoms with Crippen LogP contribution in [0.2, 0.25) is 0 Å². The number of nitrogens with one attached hydrogen (secondary N) is 2. The second-order valence-electron chi connectivity index (χ2n) is 7.38. The molecule has 27 heavy (non-hydrogen) atoms. The number of nitrogens with zero attached hydrogens (tertiary/aromatic N) is 1. The quantitative estimate of drug-likeness (QED) is 0.843. The molecule has 1 aromatic rings. The summed E-state index contributed by atoms with van der Waals surface area (Å²) >= 11 is 0. The zero-order valence-electron chi connectivity index (χ0n) is 15.8. The van der Waals surface area contributed by atoms with Gasteiger partial charge in [0.25, 0.3) is 0 Å². The molecule has 0 spiro atoms. The minimum atomic E-state index is -0.523. The van der Waals surface area contributed by atoms with Crippen LogP contribution in [0.5, 0.6) is 5.75 Å². The fraction of sp³-hybridized carbons (Fsp3) is 0.600. The highest BCUT2D eigenvalue weighted by atomic mass is 19.1. The lowest BCUT2D eigenvalue weighted by molar-refractivity contribution is -0.137. The van der Waals surface area contributed by atoms with Crippen LogP contribution < -0.4 is 15.4 Å². The van der Waals surface area contributed by atoms with Gasteiger partial charge in [0.15, 0.2) is 11.6 Å². The summed E-state index contributed by atoms with van der Waals surface area (Å²) in [5, 5.41) is 5.55. The average molecular weight is 377 g/mol. The molecule has 2 N–H and O–H groups in total. The maximum Gasteiger partial charge on any atom is 0.319 e. The molecule has 148 valence electrons. The summed E-state index contributed by atoms with van der Waals surface area (Å²) in [6.45, 7) is 1.36. The lowest BCUT2D eigenvalue weighted by Crippen LogP contribution is -2.49. The third-order valence-electron chi connectivity index (χ3n) is 5.51. The number of likely N-dealkylation sites (tertiary alicyclic amines) is 1. The smallest absolute Gasteiger partial charge is 0.319 e. The first-order valence-electron chi connectivity index (χ1n) is 9.76. The molecule has 0 atom stereocenters. The van der Waals surface area contributed by atoms with Crippen molar-refractivity contribution in [1.82, 2.24) is 10.2 Å². The van der Waals surface area contributed by atoms with Crippen molar-refractivity contribution >= 4 is 17.6 Å². The van der Waals surface area contributed by atoms with E-state index in [1.807, 2.05) is 4.90 Å². The van der Waals surface area contributed by atoms with Gasteiger partial charge in [-0.2, -0.15) is 0 Å². The largest absolute Gasteiger partial charge is 0.494 e. The van der Waals surface area contributed by atoms with Crippen molar-refractivity contribution in [3.8, 4) is 5.75 Å². The standard InChI is InChI=1S/C20H28FN3O3/c1-27-18-8-7-16(13-17(18)21)23-20(26)22-15-9-11-24(12-10-15)19(25)14-5-3-2-4-6-14/h7-8,13-15H,2-6,9-12H2,1H3,(H2,22,23,26). The van der Waals surface area contributed by atoms with Crippen LogP contribution in [0.25, 0.3) is 0 Å². The van der Waals surface area contributed by atoms with Crippen molar-refractivity contribution in [3.05, 3.63) is 24.0 Å².